The van der Waals surface area contributed by atoms with Crippen LogP contribution < -0.4 is 14.8 Å². The van der Waals surface area contributed by atoms with E-state index in [0.29, 0.717) is 39.7 Å². The smallest absolute Gasteiger partial charge is 0.234 e. The third kappa shape index (κ3) is 5.78. The van der Waals surface area contributed by atoms with Crippen molar-refractivity contribution in [3.8, 4) is 22.9 Å². The maximum absolute atomic E-state index is 12.7. The van der Waals surface area contributed by atoms with E-state index in [-0.39, 0.29) is 11.7 Å². The standard InChI is InChI=1S/C26H25ClN4O3S/c1-17-20(27)10-7-11-21(17)28-24(32)16-35-26-30-29-25(31(26)15-18-8-5-4-6-9-18)19-12-13-22(33-2)23(14-19)34-3/h4-14H,15-16H2,1-3H3,(H,28,32). The van der Waals surface area contributed by atoms with Crippen LogP contribution in [0.4, 0.5) is 5.69 Å². The summed E-state index contributed by atoms with van der Waals surface area (Å²) in [5, 5.41) is 13.0. The lowest BCUT2D eigenvalue weighted by Gasteiger charge is -2.13. The van der Waals surface area contributed by atoms with E-state index in [4.69, 9.17) is 21.1 Å². The number of anilines is 1. The highest BCUT2D eigenvalue weighted by Crippen LogP contribution is 2.33. The van der Waals surface area contributed by atoms with Crippen LogP contribution in [0.2, 0.25) is 5.02 Å². The molecule has 0 fully saturated rings. The molecule has 4 rings (SSSR count). The van der Waals surface area contributed by atoms with Gasteiger partial charge in [-0.1, -0.05) is 59.8 Å². The zero-order valence-electron chi connectivity index (χ0n) is 19.6. The molecular weight excluding hydrogens is 484 g/mol. The summed E-state index contributed by atoms with van der Waals surface area (Å²) >= 11 is 7.50. The molecule has 0 aliphatic heterocycles. The van der Waals surface area contributed by atoms with E-state index < -0.39 is 0 Å². The summed E-state index contributed by atoms with van der Waals surface area (Å²) in [4.78, 5) is 12.7. The molecule has 0 unspecified atom stereocenters. The monoisotopic (exact) mass is 508 g/mol. The molecule has 9 heteroatoms. The zero-order valence-corrected chi connectivity index (χ0v) is 21.2. The van der Waals surface area contributed by atoms with Gasteiger partial charge in [-0.25, -0.2) is 0 Å². The highest BCUT2D eigenvalue weighted by atomic mass is 35.5. The second-order valence-corrected chi connectivity index (χ2v) is 9.05. The Kier molecular flexibility index (Phi) is 7.94. The van der Waals surface area contributed by atoms with Gasteiger partial charge >= 0.3 is 0 Å². The fourth-order valence-electron chi connectivity index (χ4n) is 3.55. The number of hydrogen-bond acceptors (Lipinski definition) is 6. The van der Waals surface area contributed by atoms with Crippen molar-refractivity contribution in [3.63, 3.8) is 0 Å². The number of hydrogen-bond donors (Lipinski definition) is 1. The third-order valence-electron chi connectivity index (χ3n) is 5.42. The van der Waals surface area contributed by atoms with Crippen molar-refractivity contribution >= 4 is 35.0 Å². The largest absolute Gasteiger partial charge is 0.493 e. The van der Waals surface area contributed by atoms with Crippen molar-refractivity contribution in [3.05, 3.63) is 82.9 Å². The van der Waals surface area contributed by atoms with E-state index in [2.05, 4.69) is 15.5 Å². The number of ether oxygens (including phenoxy) is 2. The fraction of sp³-hybridized carbons (Fsp3) is 0.192. The Bertz CT molecular complexity index is 1330. The Morgan fingerprint density at radius 3 is 2.51 bits per heavy atom. The van der Waals surface area contributed by atoms with Gasteiger partial charge in [-0.3, -0.25) is 9.36 Å². The van der Waals surface area contributed by atoms with Gasteiger partial charge in [-0.05, 0) is 48.4 Å². The molecule has 35 heavy (non-hydrogen) atoms. The van der Waals surface area contributed by atoms with Gasteiger partial charge in [-0.2, -0.15) is 0 Å². The minimum atomic E-state index is -0.151. The first-order valence-electron chi connectivity index (χ1n) is 10.9. The van der Waals surface area contributed by atoms with E-state index in [0.717, 1.165) is 16.7 Å². The predicted octanol–water partition coefficient (Wildman–Crippen LogP) is 5.70. The number of carbonyl (C=O) groups is 1. The van der Waals surface area contributed by atoms with Crippen LogP contribution in [0.3, 0.4) is 0 Å². The van der Waals surface area contributed by atoms with E-state index in [1.807, 2.05) is 72.2 Å². The Morgan fingerprint density at radius 2 is 1.77 bits per heavy atom. The second-order valence-electron chi connectivity index (χ2n) is 7.70. The predicted molar refractivity (Wildman–Crippen MR) is 140 cm³/mol. The topological polar surface area (TPSA) is 78.3 Å². The number of benzene rings is 3. The van der Waals surface area contributed by atoms with Crippen molar-refractivity contribution < 1.29 is 14.3 Å². The minimum Gasteiger partial charge on any atom is -0.493 e. The number of thioether (sulfide) groups is 1. The van der Waals surface area contributed by atoms with E-state index in [1.54, 1.807) is 20.3 Å². The lowest BCUT2D eigenvalue weighted by molar-refractivity contribution is -0.113. The summed E-state index contributed by atoms with van der Waals surface area (Å²) in [7, 11) is 3.19. The molecule has 0 aliphatic carbocycles. The first-order valence-corrected chi connectivity index (χ1v) is 12.2. The van der Waals surface area contributed by atoms with Crippen LogP contribution in [0.1, 0.15) is 11.1 Å². The summed E-state index contributed by atoms with van der Waals surface area (Å²) in [5.74, 6) is 1.92. The molecule has 0 aliphatic rings. The molecule has 0 radical (unpaired) electrons. The molecule has 0 saturated carbocycles. The number of aromatic nitrogens is 3. The van der Waals surface area contributed by atoms with Gasteiger partial charge in [0.05, 0.1) is 26.5 Å². The molecule has 0 spiro atoms. The average Bonchev–Trinajstić information content (AvgIpc) is 3.28. The number of nitrogens with zero attached hydrogens (tertiary/aromatic N) is 3. The summed E-state index contributed by atoms with van der Waals surface area (Å²) in [5.41, 5.74) is 3.45. The van der Waals surface area contributed by atoms with Crippen molar-refractivity contribution in [2.24, 2.45) is 0 Å². The van der Waals surface area contributed by atoms with Gasteiger partial charge in [0, 0.05) is 16.3 Å². The highest BCUT2D eigenvalue weighted by Gasteiger charge is 2.18. The molecule has 1 amide bonds. The average molecular weight is 509 g/mol. The van der Waals surface area contributed by atoms with Crippen molar-refractivity contribution in [1.29, 1.82) is 0 Å². The lowest BCUT2D eigenvalue weighted by Crippen LogP contribution is -2.15. The molecular formula is C26H25ClN4O3S. The van der Waals surface area contributed by atoms with Crippen LogP contribution in [-0.4, -0.2) is 40.6 Å². The Morgan fingerprint density at radius 1 is 1.00 bits per heavy atom. The van der Waals surface area contributed by atoms with E-state index in [9.17, 15) is 4.79 Å². The van der Waals surface area contributed by atoms with Gasteiger partial charge in [0.25, 0.3) is 0 Å². The first-order chi connectivity index (χ1) is 17.0. The molecule has 1 aromatic heterocycles. The zero-order chi connectivity index (χ0) is 24.8. The maximum atomic E-state index is 12.7. The van der Waals surface area contributed by atoms with Crippen LogP contribution in [-0.2, 0) is 11.3 Å². The molecule has 1 heterocycles. The molecule has 0 atom stereocenters. The van der Waals surface area contributed by atoms with E-state index in [1.165, 1.54) is 11.8 Å². The van der Waals surface area contributed by atoms with Gasteiger partial charge in [-0.15, -0.1) is 10.2 Å². The van der Waals surface area contributed by atoms with E-state index >= 15 is 0 Å². The Labute approximate surface area is 213 Å². The van der Waals surface area contributed by atoms with Crippen molar-refractivity contribution in [2.45, 2.75) is 18.6 Å². The SMILES string of the molecule is COc1ccc(-c2nnc(SCC(=O)Nc3cccc(Cl)c3C)n2Cc2ccccc2)cc1OC. The number of halogens is 1. The summed E-state index contributed by atoms with van der Waals surface area (Å²) in [6.45, 7) is 2.42. The van der Waals surface area contributed by atoms with Crippen LogP contribution in [0.25, 0.3) is 11.4 Å². The van der Waals surface area contributed by atoms with Crippen LogP contribution in [0.5, 0.6) is 11.5 Å². The third-order valence-corrected chi connectivity index (χ3v) is 6.79. The van der Waals surface area contributed by atoms with Crippen LogP contribution in [0.15, 0.2) is 71.9 Å². The molecule has 7 nitrogen and oxygen atoms in total. The molecule has 0 bridgehead atoms. The van der Waals surface area contributed by atoms with Gasteiger partial charge in [0.2, 0.25) is 5.91 Å². The van der Waals surface area contributed by atoms with Crippen molar-refractivity contribution in [2.75, 3.05) is 25.3 Å². The number of rotatable bonds is 9. The second kappa shape index (κ2) is 11.3. The first kappa shape index (κ1) is 24.6. The molecule has 180 valence electrons. The van der Waals surface area contributed by atoms with Crippen LogP contribution >= 0.6 is 23.4 Å². The maximum Gasteiger partial charge on any atom is 0.234 e. The molecule has 0 saturated heterocycles. The van der Waals surface area contributed by atoms with Gasteiger partial charge in [0.1, 0.15) is 0 Å². The van der Waals surface area contributed by atoms with Crippen molar-refractivity contribution in [1.82, 2.24) is 14.8 Å². The Balaban J connectivity index is 1.60. The highest BCUT2D eigenvalue weighted by molar-refractivity contribution is 7.99. The molecule has 4 aromatic rings. The lowest BCUT2D eigenvalue weighted by atomic mass is 10.1. The summed E-state index contributed by atoms with van der Waals surface area (Å²) in [6.07, 6.45) is 0. The fourth-order valence-corrected chi connectivity index (χ4v) is 4.46. The van der Waals surface area contributed by atoms with Gasteiger partial charge < -0.3 is 14.8 Å². The molecule has 3 aromatic carbocycles. The van der Waals surface area contributed by atoms with Crippen LogP contribution in [0, 0.1) is 6.92 Å². The Hall–Kier alpha value is -3.49. The number of methoxy groups -OCH3 is 2. The number of carbonyl (C=O) groups excluding carboxylic acids is 1. The summed E-state index contributed by atoms with van der Waals surface area (Å²) in [6, 6.07) is 21.1. The molecule has 1 N–H and O–H groups in total. The minimum absolute atomic E-state index is 0.151. The van der Waals surface area contributed by atoms with Gasteiger partial charge in [0.15, 0.2) is 22.5 Å². The summed E-state index contributed by atoms with van der Waals surface area (Å²) < 4.78 is 12.8. The number of nitrogens with one attached hydrogen (secondary N) is 1. The quantitative estimate of drug-likeness (QED) is 0.292. The normalized spacial score (nSPS) is 10.7. The number of amides is 1.